The highest BCUT2D eigenvalue weighted by molar-refractivity contribution is 7.15. The molecule has 0 radical (unpaired) electrons. The first kappa shape index (κ1) is 6.64. The maximum atomic E-state index is 9.97. The van der Waals surface area contributed by atoms with Gasteiger partial charge in [0.05, 0.1) is 0 Å². The predicted octanol–water partition coefficient (Wildman–Crippen LogP) is 0.923. The topological polar surface area (TPSA) is 79.8 Å². The van der Waals surface area contributed by atoms with Crippen molar-refractivity contribution in [1.82, 2.24) is 4.98 Å². The molecule has 0 saturated carbocycles. The molecule has 0 atom stereocenters. The van der Waals surface area contributed by atoms with Gasteiger partial charge in [0.1, 0.15) is 6.07 Å². The van der Waals surface area contributed by atoms with Crippen LogP contribution in [0.4, 0.5) is 5.13 Å². The summed E-state index contributed by atoms with van der Waals surface area (Å²) in [7, 11) is 0. The molecular formula is C4HN3O2S. The Balaban J connectivity index is 3.02. The first-order valence-electron chi connectivity index (χ1n) is 2.24. The third-order valence-corrected chi connectivity index (χ3v) is 1.61. The van der Waals surface area contributed by atoms with E-state index in [-0.39, 0.29) is 10.0 Å². The minimum absolute atomic E-state index is 0.239. The Hall–Kier alpha value is -1.48. The van der Waals surface area contributed by atoms with E-state index in [2.05, 4.69) is 4.98 Å². The number of nitrogens with zero attached hydrogens (tertiary/aromatic N) is 3. The van der Waals surface area contributed by atoms with Gasteiger partial charge in [-0.25, -0.2) is 0 Å². The highest BCUT2D eigenvalue weighted by Gasteiger charge is 2.11. The molecule has 10 heavy (non-hydrogen) atoms. The van der Waals surface area contributed by atoms with Crippen molar-refractivity contribution < 1.29 is 4.92 Å². The summed E-state index contributed by atoms with van der Waals surface area (Å²) in [6.07, 6.45) is 1.18. The van der Waals surface area contributed by atoms with Crippen LogP contribution >= 0.6 is 11.3 Å². The lowest BCUT2D eigenvalue weighted by Crippen LogP contribution is -1.83. The van der Waals surface area contributed by atoms with Gasteiger partial charge < -0.3 is 10.1 Å². The number of thiazole rings is 1. The second-order valence-electron chi connectivity index (χ2n) is 1.38. The third kappa shape index (κ3) is 1.09. The van der Waals surface area contributed by atoms with E-state index < -0.39 is 4.92 Å². The van der Waals surface area contributed by atoms with Crippen molar-refractivity contribution in [2.24, 2.45) is 0 Å². The van der Waals surface area contributed by atoms with E-state index >= 15 is 0 Å². The van der Waals surface area contributed by atoms with E-state index in [1.165, 1.54) is 6.20 Å². The van der Waals surface area contributed by atoms with E-state index in [1.54, 1.807) is 6.07 Å². The highest BCUT2D eigenvalue weighted by atomic mass is 32.1. The number of hydrogen-bond donors (Lipinski definition) is 0. The Morgan fingerprint density at radius 1 is 1.90 bits per heavy atom. The summed E-state index contributed by atoms with van der Waals surface area (Å²) in [4.78, 5) is 13.0. The largest absolute Gasteiger partial charge is 0.424 e. The fraction of sp³-hybridized carbons (Fsp3) is 0. The van der Waals surface area contributed by atoms with E-state index in [0.29, 0.717) is 0 Å². The van der Waals surface area contributed by atoms with Crippen molar-refractivity contribution in [2.75, 3.05) is 0 Å². The first-order valence-corrected chi connectivity index (χ1v) is 3.06. The average Bonchev–Trinajstić information content (AvgIpc) is 2.34. The van der Waals surface area contributed by atoms with Gasteiger partial charge in [0, 0.05) is 0 Å². The molecule has 0 N–H and O–H groups in total. The molecule has 50 valence electrons. The second kappa shape index (κ2) is 2.41. The molecule has 0 bridgehead atoms. The molecule has 0 aliphatic carbocycles. The second-order valence-corrected chi connectivity index (χ2v) is 2.39. The fourth-order valence-electron chi connectivity index (χ4n) is 0.401. The van der Waals surface area contributed by atoms with Gasteiger partial charge in [-0.1, -0.05) is 0 Å². The molecule has 1 aromatic heterocycles. The van der Waals surface area contributed by atoms with Crippen molar-refractivity contribution >= 4 is 16.5 Å². The van der Waals surface area contributed by atoms with Gasteiger partial charge in [-0.3, -0.25) is 0 Å². The van der Waals surface area contributed by atoms with Crippen molar-refractivity contribution in [3.8, 4) is 6.07 Å². The number of rotatable bonds is 1. The molecule has 1 heterocycles. The fourth-order valence-corrected chi connectivity index (χ4v) is 0.929. The van der Waals surface area contributed by atoms with Crippen molar-refractivity contribution in [1.29, 1.82) is 5.26 Å². The Kier molecular flexibility index (Phi) is 1.60. The summed E-state index contributed by atoms with van der Waals surface area (Å²) in [6.45, 7) is 0. The van der Waals surface area contributed by atoms with Gasteiger partial charge in [0.25, 0.3) is 0 Å². The molecule has 1 aromatic rings. The smallest absolute Gasteiger partial charge is 0.357 e. The highest BCUT2D eigenvalue weighted by Crippen LogP contribution is 2.18. The van der Waals surface area contributed by atoms with E-state index in [4.69, 9.17) is 5.26 Å². The SMILES string of the molecule is N#Cc1cnc([N+](=O)[O-])s1. The van der Waals surface area contributed by atoms with Crippen LogP contribution in [0.2, 0.25) is 0 Å². The van der Waals surface area contributed by atoms with Crippen LogP contribution in [0.5, 0.6) is 0 Å². The first-order chi connectivity index (χ1) is 4.74. The molecule has 6 heteroatoms. The molecule has 0 amide bonds. The third-order valence-electron chi connectivity index (χ3n) is 0.760. The van der Waals surface area contributed by atoms with Gasteiger partial charge >= 0.3 is 5.13 Å². The summed E-state index contributed by atoms with van der Waals surface area (Å²) in [5.74, 6) is 0. The van der Waals surface area contributed by atoms with Crippen LogP contribution in [0.3, 0.4) is 0 Å². The van der Waals surface area contributed by atoms with Crippen molar-refractivity contribution in [3.63, 3.8) is 0 Å². The summed E-state index contributed by atoms with van der Waals surface area (Å²) in [6, 6.07) is 1.75. The molecule has 0 aromatic carbocycles. The minimum atomic E-state index is -0.620. The lowest BCUT2D eigenvalue weighted by atomic mass is 10.6. The Labute approximate surface area is 59.7 Å². The lowest BCUT2D eigenvalue weighted by Gasteiger charge is -1.80. The molecule has 0 saturated heterocycles. The Morgan fingerprint density at radius 2 is 2.60 bits per heavy atom. The molecular weight excluding hydrogens is 154 g/mol. The molecule has 0 aliphatic rings. The van der Waals surface area contributed by atoms with Gasteiger partial charge in [-0.15, -0.1) is 0 Å². The van der Waals surface area contributed by atoms with Crippen LogP contribution in [-0.4, -0.2) is 9.91 Å². The van der Waals surface area contributed by atoms with Gasteiger partial charge in [0.15, 0.2) is 11.1 Å². The zero-order chi connectivity index (χ0) is 7.56. The Morgan fingerprint density at radius 3 is 2.90 bits per heavy atom. The van der Waals surface area contributed by atoms with Crippen molar-refractivity contribution in [2.45, 2.75) is 0 Å². The van der Waals surface area contributed by atoms with Crippen LogP contribution in [0.25, 0.3) is 0 Å². The van der Waals surface area contributed by atoms with Crippen LogP contribution < -0.4 is 0 Å². The minimum Gasteiger partial charge on any atom is -0.357 e. The van der Waals surface area contributed by atoms with E-state index in [0.717, 1.165) is 11.3 Å². The molecule has 5 nitrogen and oxygen atoms in total. The number of aromatic nitrogens is 1. The standard InChI is InChI=1S/C4HN3O2S/c5-1-3-2-6-4(10-3)7(8)9/h2H. The summed E-state index contributed by atoms with van der Waals surface area (Å²) in [5, 5.41) is 18.0. The summed E-state index contributed by atoms with van der Waals surface area (Å²) >= 11 is 0.770. The number of nitro groups is 1. The predicted molar refractivity (Wildman–Crippen MR) is 33.5 cm³/mol. The van der Waals surface area contributed by atoms with E-state index in [1.807, 2.05) is 0 Å². The average molecular weight is 155 g/mol. The molecule has 0 aliphatic heterocycles. The monoisotopic (exact) mass is 155 g/mol. The van der Waals surface area contributed by atoms with Crippen LogP contribution in [0, 0.1) is 21.4 Å². The van der Waals surface area contributed by atoms with E-state index in [9.17, 15) is 10.1 Å². The molecule has 0 spiro atoms. The van der Waals surface area contributed by atoms with Crippen molar-refractivity contribution in [3.05, 3.63) is 21.2 Å². The maximum Gasteiger partial charge on any atom is 0.424 e. The maximum absolute atomic E-state index is 9.97. The zero-order valence-corrected chi connectivity index (χ0v) is 5.46. The lowest BCUT2D eigenvalue weighted by molar-refractivity contribution is -0.384. The number of hydrogen-bond acceptors (Lipinski definition) is 5. The van der Waals surface area contributed by atoms with Gasteiger partial charge in [-0.2, -0.15) is 5.26 Å². The summed E-state index contributed by atoms with van der Waals surface area (Å²) < 4.78 is 0. The van der Waals surface area contributed by atoms with Crippen LogP contribution in [-0.2, 0) is 0 Å². The summed E-state index contributed by atoms with van der Waals surface area (Å²) in [5.41, 5.74) is 0. The number of nitriles is 1. The van der Waals surface area contributed by atoms with Crippen LogP contribution in [0.1, 0.15) is 4.88 Å². The van der Waals surface area contributed by atoms with Gasteiger partial charge in [0.2, 0.25) is 0 Å². The quantitative estimate of drug-likeness (QED) is 0.446. The molecule has 1 rings (SSSR count). The van der Waals surface area contributed by atoms with Crippen LogP contribution in [0.15, 0.2) is 6.20 Å². The normalized spacial score (nSPS) is 8.70. The molecule has 0 fully saturated rings. The molecule has 0 unspecified atom stereocenters. The Bertz CT molecular complexity index is 300. The van der Waals surface area contributed by atoms with Gasteiger partial charge in [-0.05, 0) is 21.2 Å². The zero-order valence-electron chi connectivity index (χ0n) is 4.64.